The quantitative estimate of drug-likeness (QED) is 0.478. The van der Waals surface area contributed by atoms with Crippen LogP contribution in [0, 0.1) is 0 Å². The second-order valence-corrected chi connectivity index (χ2v) is 4.21. The molecule has 6 heteroatoms. The number of hydrogen-bond acceptors (Lipinski definition) is 6. The lowest BCUT2D eigenvalue weighted by molar-refractivity contribution is -0.142. The van der Waals surface area contributed by atoms with Crippen LogP contribution in [0.5, 0.6) is 0 Å². The molecule has 1 atom stereocenters. The van der Waals surface area contributed by atoms with Gasteiger partial charge in [-0.1, -0.05) is 0 Å². The molecular formula is C14H28O6. The van der Waals surface area contributed by atoms with Crippen molar-refractivity contribution in [3.8, 4) is 0 Å². The number of carbonyl (C=O) groups excluding carboxylic acids is 2. The van der Waals surface area contributed by atoms with Crippen LogP contribution in [-0.4, -0.2) is 52.1 Å². The van der Waals surface area contributed by atoms with Crippen molar-refractivity contribution in [1.29, 1.82) is 0 Å². The van der Waals surface area contributed by atoms with Crippen LogP contribution < -0.4 is 0 Å². The van der Waals surface area contributed by atoms with Gasteiger partial charge < -0.3 is 18.9 Å². The lowest BCUT2D eigenvalue weighted by atomic mass is 10.3. The lowest BCUT2D eigenvalue weighted by Crippen LogP contribution is -2.10. The maximum atomic E-state index is 10.3. The van der Waals surface area contributed by atoms with Gasteiger partial charge in [-0.05, 0) is 19.8 Å². The van der Waals surface area contributed by atoms with E-state index in [1.807, 2.05) is 6.92 Å². The van der Waals surface area contributed by atoms with Gasteiger partial charge in [-0.3, -0.25) is 9.59 Å². The van der Waals surface area contributed by atoms with E-state index in [4.69, 9.17) is 18.9 Å². The summed E-state index contributed by atoms with van der Waals surface area (Å²) in [5, 5.41) is 0. The van der Waals surface area contributed by atoms with E-state index in [-0.39, 0.29) is 18.0 Å². The number of ether oxygens (including phenoxy) is 4. The van der Waals surface area contributed by atoms with Crippen molar-refractivity contribution in [2.24, 2.45) is 0 Å². The third kappa shape index (κ3) is 22.1. The molecule has 0 saturated carbocycles. The monoisotopic (exact) mass is 292 g/mol. The molecule has 0 fully saturated rings. The van der Waals surface area contributed by atoms with Crippen molar-refractivity contribution < 1.29 is 28.5 Å². The third-order valence-electron chi connectivity index (χ3n) is 2.28. The Hall–Kier alpha value is -1.14. The average Bonchev–Trinajstić information content (AvgIpc) is 2.38. The Morgan fingerprint density at radius 2 is 1.40 bits per heavy atom. The van der Waals surface area contributed by atoms with Gasteiger partial charge in [-0.2, -0.15) is 0 Å². The fourth-order valence-corrected chi connectivity index (χ4v) is 1.05. The molecule has 0 rings (SSSR count). The van der Waals surface area contributed by atoms with Gasteiger partial charge in [-0.15, -0.1) is 0 Å². The van der Waals surface area contributed by atoms with Gasteiger partial charge in [0, 0.05) is 41.1 Å². The van der Waals surface area contributed by atoms with Crippen LogP contribution in [0.3, 0.4) is 0 Å². The fourth-order valence-electron chi connectivity index (χ4n) is 1.05. The molecular weight excluding hydrogens is 264 g/mol. The van der Waals surface area contributed by atoms with Gasteiger partial charge in [0.05, 0.1) is 19.3 Å². The number of hydrogen-bond donors (Lipinski definition) is 0. The summed E-state index contributed by atoms with van der Waals surface area (Å²) in [5.41, 5.74) is 0. The highest BCUT2D eigenvalue weighted by Gasteiger charge is 1.99. The minimum Gasteiger partial charge on any atom is -0.466 e. The number of methoxy groups -OCH3 is 2. The Morgan fingerprint density at radius 3 is 1.85 bits per heavy atom. The Labute approximate surface area is 121 Å². The van der Waals surface area contributed by atoms with Crippen molar-refractivity contribution in [3.63, 3.8) is 0 Å². The molecule has 0 amide bonds. The zero-order valence-electron chi connectivity index (χ0n) is 13.3. The van der Waals surface area contributed by atoms with Crippen LogP contribution >= 0.6 is 0 Å². The first-order valence-corrected chi connectivity index (χ1v) is 6.72. The molecule has 1 unspecified atom stereocenters. The molecule has 0 aliphatic rings. The van der Waals surface area contributed by atoms with Crippen LogP contribution in [0.4, 0.5) is 0 Å². The van der Waals surface area contributed by atoms with Crippen LogP contribution in [0.15, 0.2) is 0 Å². The summed E-state index contributed by atoms with van der Waals surface area (Å²) in [6, 6.07) is 0. The highest BCUT2D eigenvalue weighted by atomic mass is 16.5. The highest BCUT2D eigenvalue weighted by Crippen LogP contribution is 1.94. The zero-order valence-corrected chi connectivity index (χ0v) is 13.3. The van der Waals surface area contributed by atoms with Gasteiger partial charge in [0.25, 0.3) is 0 Å². The van der Waals surface area contributed by atoms with Gasteiger partial charge in [0.1, 0.15) is 0 Å². The molecule has 0 radical (unpaired) electrons. The Kier molecular flexibility index (Phi) is 16.8. The molecule has 0 spiro atoms. The molecule has 0 saturated heterocycles. The second kappa shape index (κ2) is 15.9. The van der Waals surface area contributed by atoms with E-state index in [0.29, 0.717) is 13.2 Å². The number of unbranched alkanes of at least 4 members (excludes halogenated alkanes) is 1. The van der Waals surface area contributed by atoms with Crippen molar-refractivity contribution in [2.75, 3.05) is 34.0 Å². The van der Waals surface area contributed by atoms with Gasteiger partial charge in [0.2, 0.25) is 0 Å². The Bertz CT molecular complexity index is 242. The van der Waals surface area contributed by atoms with Gasteiger partial charge in [-0.25, -0.2) is 0 Å². The first-order chi connectivity index (χ1) is 9.43. The standard InChI is InChI=1S/2C7H14O3/c1-6(9-3)4-5-10-7(2)8;1-7(8)10-6-4-3-5-9-2/h6H,4-5H2,1-3H3;3-6H2,1-2H3. The molecule has 0 heterocycles. The van der Waals surface area contributed by atoms with Crippen LogP contribution in [0.25, 0.3) is 0 Å². The molecule has 0 aliphatic carbocycles. The van der Waals surface area contributed by atoms with E-state index in [0.717, 1.165) is 25.9 Å². The first kappa shape index (κ1) is 21.2. The van der Waals surface area contributed by atoms with E-state index >= 15 is 0 Å². The SMILES string of the molecule is COC(C)CCOC(C)=O.COCCCCOC(C)=O. The fraction of sp³-hybridized carbons (Fsp3) is 0.857. The van der Waals surface area contributed by atoms with E-state index in [9.17, 15) is 9.59 Å². The Balaban J connectivity index is 0. The van der Waals surface area contributed by atoms with Crippen molar-refractivity contribution in [3.05, 3.63) is 0 Å². The van der Waals surface area contributed by atoms with Crippen LogP contribution in [-0.2, 0) is 28.5 Å². The molecule has 0 N–H and O–H groups in total. The molecule has 20 heavy (non-hydrogen) atoms. The second-order valence-electron chi connectivity index (χ2n) is 4.21. The summed E-state index contributed by atoms with van der Waals surface area (Å²) in [6.45, 7) is 6.45. The topological polar surface area (TPSA) is 71.1 Å². The highest BCUT2D eigenvalue weighted by molar-refractivity contribution is 5.66. The average molecular weight is 292 g/mol. The smallest absolute Gasteiger partial charge is 0.302 e. The number of carbonyl (C=O) groups is 2. The van der Waals surface area contributed by atoms with E-state index in [2.05, 4.69) is 0 Å². The lowest BCUT2D eigenvalue weighted by Gasteiger charge is -2.07. The molecule has 120 valence electrons. The van der Waals surface area contributed by atoms with Crippen molar-refractivity contribution >= 4 is 11.9 Å². The molecule has 6 nitrogen and oxygen atoms in total. The predicted octanol–water partition coefficient (Wildman–Crippen LogP) is 1.95. The summed E-state index contributed by atoms with van der Waals surface area (Å²) in [6.07, 6.45) is 2.76. The Morgan fingerprint density at radius 1 is 0.900 bits per heavy atom. The van der Waals surface area contributed by atoms with Crippen molar-refractivity contribution in [1.82, 2.24) is 0 Å². The third-order valence-corrected chi connectivity index (χ3v) is 2.28. The molecule has 0 aromatic rings. The van der Waals surface area contributed by atoms with Crippen LogP contribution in [0.1, 0.15) is 40.0 Å². The minimum absolute atomic E-state index is 0.166. The summed E-state index contributed by atoms with van der Waals surface area (Å²) >= 11 is 0. The van der Waals surface area contributed by atoms with E-state index in [1.165, 1.54) is 13.8 Å². The molecule has 0 aromatic carbocycles. The summed E-state index contributed by atoms with van der Waals surface area (Å²) in [4.78, 5) is 20.5. The molecule has 0 aromatic heterocycles. The molecule has 0 bridgehead atoms. The zero-order chi connectivity index (χ0) is 15.8. The van der Waals surface area contributed by atoms with E-state index < -0.39 is 0 Å². The van der Waals surface area contributed by atoms with Gasteiger partial charge in [0.15, 0.2) is 0 Å². The maximum Gasteiger partial charge on any atom is 0.302 e. The number of rotatable bonds is 9. The van der Waals surface area contributed by atoms with Crippen LogP contribution in [0.2, 0.25) is 0 Å². The summed E-state index contributed by atoms with van der Waals surface area (Å²) in [5.74, 6) is -0.444. The van der Waals surface area contributed by atoms with E-state index in [1.54, 1.807) is 14.2 Å². The molecule has 0 aliphatic heterocycles. The largest absolute Gasteiger partial charge is 0.466 e. The summed E-state index contributed by atoms with van der Waals surface area (Å²) in [7, 11) is 3.30. The normalized spacial score (nSPS) is 11.1. The maximum absolute atomic E-state index is 10.3. The predicted molar refractivity (Wildman–Crippen MR) is 75.5 cm³/mol. The first-order valence-electron chi connectivity index (χ1n) is 6.72. The van der Waals surface area contributed by atoms with Crippen molar-refractivity contribution in [2.45, 2.75) is 46.1 Å². The minimum atomic E-state index is -0.233. The number of esters is 2. The van der Waals surface area contributed by atoms with Gasteiger partial charge >= 0.3 is 11.9 Å². The summed E-state index contributed by atoms with van der Waals surface area (Å²) < 4.78 is 19.1.